The van der Waals surface area contributed by atoms with Crippen LogP contribution in [0.2, 0.25) is 0 Å². The maximum atomic E-state index is 12.4. The number of ether oxygens (including phenoxy) is 1. The van der Waals surface area contributed by atoms with E-state index in [1.807, 2.05) is 4.90 Å². The van der Waals surface area contributed by atoms with Crippen LogP contribution in [0.4, 0.5) is 14.5 Å². The molecule has 1 saturated carbocycles. The number of hydrogen-bond donors (Lipinski definition) is 2. The number of aliphatic carboxylic acids is 1. The van der Waals surface area contributed by atoms with Gasteiger partial charge in [-0.15, -0.1) is 0 Å². The number of fused-ring (bicyclic) bond motifs is 1. The molecule has 1 saturated heterocycles. The Hall–Kier alpha value is -2.22. The summed E-state index contributed by atoms with van der Waals surface area (Å²) < 4.78 is 29.2. The molecule has 0 spiro atoms. The van der Waals surface area contributed by atoms with Crippen molar-refractivity contribution in [1.29, 1.82) is 0 Å². The summed E-state index contributed by atoms with van der Waals surface area (Å²) in [5.74, 6) is -1.22. The van der Waals surface area contributed by atoms with Crippen molar-refractivity contribution >= 4 is 17.6 Å². The van der Waals surface area contributed by atoms with Crippen molar-refractivity contribution in [2.45, 2.75) is 25.9 Å². The molecular weight excluding hydrogens is 334 g/mol. The molecule has 0 radical (unpaired) electrons. The fraction of sp³-hybridized carbons (Fsp3) is 0.529. The number of halogens is 2. The van der Waals surface area contributed by atoms with Gasteiger partial charge in [-0.25, -0.2) is 0 Å². The summed E-state index contributed by atoms with van der Waals surface area (Å²) in [6.07, 6.45) is 2.39. The third-order valence-corrected chi connectivity index (χ3v) is 5.11. The molecule has 2 fully saturated rings. The van der Waals surface area contributed by atoms with Crippen molar-refractivity contribution in [3.8, 4) is 5.75 Å². The topological polar surface area (TPSA) is 78.9 Å². The largest absolute Gasteiger partial charge is 0.481 e. The molecule has 0 unspecified atom stereocenters. The number of nitrogens with one attached hydrogen (secondary N) is 1. The van der Waals surface area contributed by atoms with E-state index in [9.17, 15) is 23.5 Å². The average Bonchev–Trinajstić information content (AvgIpc) is 3.06. The number of carboxylic acids is 1. The first-order chi connectivity index (χ1) is 11.9. The lowest BCUT2D eigenvalue weighted by Crippen LogP contribution is -2.37. The van der Waals surface area contributed by atoms with Crippen molar-refractivity contribution in [2.75, 3.05) is 25.0 Å². The quantitative estimate of drug-likeness (QED) is 0.820. The van der Waals surface area contributed by atoms with E-state index in [4.69, 9.17) is 0 Å². The van der Waals surface area contributed by atoms with E-state index >= 15 is 0 Å². The Bertz CT molecular complexity index is 670. The summed E-state index contributed by atoms with van der Waals surface area (Å²) in [4.78, 5) is 25.7. The highest BCUT2D eigenvalue weighted by Gasteiger charge is 2.54. The molecule has 1 aromatic rings. The second-order valence-corrected chi connectivity index (χ2v) is 6.64. The van der Waals surface area contributed by atoms with Gasteiger partial charge in [0, 0.05) is 13.1 Å². The van der Waals surface area contributed by atoms with Gasteiger partial charge in [-0.2, -0.15) is 8.78 Å². The van der Waals surface area contributed by atoms with Crippen LogP contribution in [0.15, 0.2) is 24.3 Å². The number of carboxylic acid groups (broad SMARTS) is 1. The van der Waals surface area contributed by atoms with E-state index in [2.05, 4.69) is 10.1 Å². The molecule has 1 aliphatic heterocycles. The second kappa shape index (κ2) is 6.95. The molecule has 25 heavy (non-hydrogen) atoms. The lowest BCUT2D eigenvalue weighted by atomic mass is 9.81. The standard InChI is InChI=1S/C17H20F2N2O4/c18-16(19)25-13-6-2-1-5-12(13)20-14(22)9-21-8-11-4-3-7-17(11,10-21)15(23)24/h1-2,5-6,11,16H,3-4,7-10H2,(H,20,22)(H,23,24)/t11-,17+/m0/s1. The Labute approximate surface area is 143 Å². The van der Waals surface area contributed by atoms with Crippen LogP contribution in [-0.4, -0.2) is 48.1 Å². The first-order valence-electron chi connectivity index (χ1n) is 8.20. The summed E-state index contributed by atoms with van der Waals surface area (Å²) in [5.41, 5.74) is -0.586. The zero-order valence-corrected chi connectivity index (χ0v) is 13.6. The molecule has 0 aromatic heterocycles. The minimum Gasteiger partial charge on any atom is -0.481 e. The van der Waals surface area contributed by atoms with Crippen molar-refractivity contribution < 1.29 is 28.2 Å². The Morgan fingerprint density at radius 2 is 2.16 bits per heavy atom. The number of likely N-dealkylation sites (tertiary alicyclic amines) is 1. The van der Waals surface area contributed by atoms with Crippen molar-refractivity contribution in [1.82, 2.24) is 4.90 Å². The zero-order valence-electron chi connectivity index (χ0n) is 13.6. The fourth-order valence-electron chi connectivity index (χ4n) is 4.02. The van der Waals surface area contributed by atoms with Gasteiger partial charge in [-0.05, 0) is 30.9 Å². The van der Waals surface area contributed by atoms with E-state index < -0.39 is 18.0 Å². The predicted octanol–water partition coefficient (Wildman–Crippen LogP) is 2.41. The second-order valence-electron chi connectivity index (χ2n) is 6.64. The third kappa shape index (κ3) is 3.58. The van der Waals surface area contributed by atoms with Crippen molar-refractivity contribution in [3.63, 3.8) is 0 Å². The minimum absolute atomic E-state index is 0.0224. The lowest BCUT2D eigenvalue weighted by molar-refractivity contribution is -0.149. The Kier molecular flexibility index (Phi) is 4.89. The average molecular weight is 354 g/mol. The smallest absolute Gasteiger partial charge is 0.387 e. The van der Waals surface area contributed by atoms with Crippen LogP contribution in [0, 0.1) is 11.3 Å². The number of nitrogens with zero attached hydrogens (tertiary/aromatic N) is 1. The molecule has 6 nitrogen and oxygen atoms in total. The molecule has 3 rings (SSSR count). The fourth-order valence-corrected chi connectivity index (χ4v) is 4.02. The number of amides is 1. The lowest BCUT2D eigenvalue weighted by Gasteiger charge is -2.23. The maximum absolute atomic E-state index is 12.4. The number of hydrogen-bond acceptors (Lipinski definition) is 4. The first kappa shape index (κ1) is 17.6. The van der Waals surface area contributed by atoms with Crippen LogP contribution in [0.25, 0.3) is 0 Å². The number of para-hydroxylation sites is 2. The van der Waals surface area contributed by atoms with Crippen LogP contribution in [0.1, 0.15) is 19.3 Å². The predicted molar refractivity (Wildman–Crippen MR) is 85.6 cm³/mol. The summed E-state index contributed by atoms with van der Waals surface area (Å²) in [5, 5.41) is 12.1. The molecule has 136 valence electrons. The molecule has 1 heterocycles. The highest BCUT2D eigenvalue weighted by Crippen LogP contribution is 2.48. The maximum Gasteiger partial charge on any atom is 0.387 e. The van der Waals surface area contributed by atoms with Gasteiger partial charge in [0.15, 0.2) is 0 Å². The first-order valence-corrected chi connectivity index (χ1v) is 8.20. The van der Waals surface area contributed by atoms with Crippen LogP contribution in [0.3, 0.4) is 0 Å². The summed E-state index contributed by atoms with van der Waals surface area (Å²) in [6.45, 7) is -2.05. The van der Waals surface area contributed by atoms with Gasteiger partial charge in [-0.3, -0.25) is 14.5 Å². The Morgan fingerprint density at radius 1 is 1.40 bits per heavy atom. The van der Waals surface area contributed by atoms with E-state index in [0.29, 0.717) is 19.5 Å². The molecule has 2 aliphatic rings. The monoisotopic (exact) mass is 354 g/mol. The number of benzene rings is 1. The Balaban J connectivity index is 1.62. The van der Waals surface area contributed by atoms with E-state index in [0.717, 1.165) is 12.8 Å². The van der Waals surface area contributed by atoms with Gasteiger partial charge < -0.3 is 15.2 Å². The minimum atomic E-state index is -2.98. The Morgan fingerprint density at radius 3 is 2.84 bits per heavy atom. The SMILES string of the molecule is O=C(CN1C[C@@H]2CCC[C@@]2(C(=O)O)C1)Nc1ccccc1OC(F)F. The molecule has 2 N–H and O–H groups in total. The number of carbonyl (C=O) groups is 2. The number of carbonyl (C=O) groups excluding carboxylic acids is 1. The third-order valence-electron chi connectivity index (χ3n) is 5.11. The number of alkyl halides is 2. The summed E-state index contributed by atoms with van der Waals surface area (Å²) >= 11 is 0. The molecule has 1 amide bonds. The summed E-state index contributed by atoms with van der Waals surface area (Å²) in [6, 6.07) is 5.97. The summed E-state index contributed by atoms with van der Waals surface area (Å²) in [7, 11) is 0. The number of rotatable bonds is 6. The molecule has 8 heteroatoms. The van der Waals surface area contributed by atoms with Gasteiger partial charge in [-0.1, -0.05) is 18.6 Å². The molecule has 2 atom stereocenters. The van der Waals surface area contributed by atoms with Gasteiger partial charge in [0.1, 0.15) is 5.75 Å². The van der Waals surface area contributed by atoms with Gasteiger partial charge in [0.2, 0.25) is 5.91 Å². The molecule has 0 bridgehead atoms. The highest BCUT2D eigenvalue weighted by molar-refractivity contribution is 5.93. The number of anilines is 1. The van der Waals surface area contributed by atoms with Crippen LogP contribution in [-0.2, 0) is 9.59 Å². The molecule has 1 aliphatic carbocycles. The highest BCUT2D eigenvalue weighted by atomic mass is 19.3. The van der Waals surface area contributed by atoms with Gasteiger partial charge in [0.25, 0.3) is 0 Å². The zero-order chi connectivity index (χ0) is 18.0. The van der Waals surface area contributed by atoms with Crippen LogP contribution < -0.4 is 10.1 Å². The van der Waals surface area contributed by atoms with Gasteiger partial charge in [0.05, 0.1) is 17.6 Å². The van der Waals surface area contributed by atoms with Crippen molar-refractivity contribution in [2.24, 2.45) is 11.3 Å². The molecule has 1 aromatic carbocycles. The van der Waals surface area contributed by atoms with E-state index in [1.54, 1.807) is 6.07 Å². The van der Waals surface area contributed by atoms with Gasteiger partial charge >= 0.3 is 12.6 Å². The van der Waals surface area contributed by atoms with E-state index in [1.165, 1.54) is 18.2 Å². The molecular formula is C17H20F2N2O4. The van der Waals surface area contributed by atoms with Crippen LogP contribution >= 0.6 is 0 Å². The normalized spacial score (nSPS) is 25.8. The van der Waals surface area contributed by atoms with E-state index in [-0.39, 0.29) is 29.8 Å². The van der Waals surface area contributed by atoms with Crippen molar-refractivity contribution in [3.05, 3.63) is 24.3 Å². The van der Waals surface area contributed by atoms with Crippen LogP contribution in [0.5, 0.6) is 5.75 Å².